The number of rotatable bonds is 7. The Bertz CT molecular complexity index is 995. The van der Waals surface area contributed by atoms with Crippen molar-refractivity contribution in [2.24, 2.45) is 5.92 Å². The van der Waals surface area contributed by atoms with E-state index in [1.54, 1.807) is 0 Å². The van der Waals surface area contributed by atoms with Crippen LogP contribution in [0.15, 0.2) is 36.4 Å². The third kappa shape index (κ3) is 4.91. The minimum Gasteiger partial charge on any atom is -0.374 e. The van der Waals surface area contributed by atoms with Crippen LogP contribution in [-0.4, -0.2) is 59.5 Å². The Labute approximate surface area is 181 Å². The van der Waals surface area contributed by atoms with Gasteiger partial charge in [-0.3, -0.25) is 14.4 Å². The molecule has 1 N–H and O–H groups in total. The number of carbonyl (C=O) groups is 1. The molecule has 0 saturated carbocycles. The second kappa shape index (κ2) is 9.29. The number of morpholine rings is 1. The average Bonchev–Trinajstić information content (AvgIpc) is 3.28. The number of aryl methyl sites for hydroxylation is 1. The number of hydrogen-bond donors (Lipinski definition) is 1. The van der Waals surface area contributed by atoms with E-state index in [-0.39, 0.29) is 12.0 Å². The number of nitrogens with zero attached hydrogens (tertiary/aromatic N) is 3. The molecule has 1 fully saturated rings. The van der Waals surface area contributed by atoms with Crippen LogP contribution in [0.4, 0.5) is 0 Å². The molecule has 0 spiro atoms. The van der Waals surface area contributed by atoms with Crippen LogP contribution in [0.1, 0.15) is 34.8 Å². The second-order valence-electron chi connectivity index (χ2n) is 8.41. The fourth-order valence-electron chi connectivity index (χ4n) is 3.97. The number of amides is 1. The molecule has 7 heteroatoms. The third-order valence-electron chi connectivity index (χ3n) is 5.34. The molecule has 3 aromatic rings. The Balaban J connectivity index is 1.41. The van der Waals surface area contributed by atoms with Crippen molar-refractivity contribution >= 4 is 27.5 Å². The van der Waals surface area contributed by atoms with Crippen molar-refractivity contribution in [2.45, 2.75) is 33.4 Å². The number of thiophene rings is 1. The maximum absolute atomic E-state index is 12.8. The summed E-state index contributed by atoms with van der Waals surface area (Å²) in [5.41, 5.74) is 2.15. The minimum atomic E-state index is -0.0357. The first-order chi connectivity index (χ1) is 14.5. The fraction of sp³-hybridized carbons (Fsp3) is 0.478. The zero-order valence-electron chi connectivity index (χ0n) is 17.9. The summed E-state index contributed by atoms with van der Waals surface area (Å²) < 4.78 is 7.85. The summed E-state index contributed by atoms with van der Waals surface area (Å²) in [6.45, 7) is 11.3. The molecule has 30 heavy (non-hydrogen) atoms. The van der Waals surface area contributed by atoms with E-state index in [0.29, 0.717) is 19.0 Å². The monoisotopic (exact) mass is 426 g/mol. The zero-order chi connectivity index (χ0) is 21.1. The Morgan fingerprint density at radius 1 is 1.33 bits per heavy atom. The molecule has 2 aromatic heterocycles. The number of carbonyl (C=O) groups excluding carboxylic acids is 1. The first kappa shape index (κ1) is 21.0. The quantitative estimate of drug-likeness (QED) is 0.628. The molecule has 0 radical (unpaired) electrons. The normalized spacial score (nSPS) is 17.7. The number of benzene rings is 1. The molecule has 3 heterocycles. The highest BCUT2D eigenvalue weighted by Gasteiger charge is 2.22. The van der Waals surface area contributed by atoms with Gasteiger partial charge in [-0.05, 0) is 24.5 Å². The third-order valence-corrected chi connectivity index (χ3v) is 6.49. The molecule has 1 aliphatic rings. The summed E-state index contributed by atoms with van der Waals surface area (Å²) in [5.74, 6) is 0.599. The van der Waals surface area contributed by atoms with E-state index in [2.05, 4.69) is 41.3 Å². The second-order valence-corrected chi connectivity index (χ2v) is 9.45. The molecule has 160 valence electrons. The smallest absolute Gasteiger partial charge is 0.261 e. The Kier molecular flexibility index (Phi) is 6.51. The van der Waals surface area contributed by atoms with Crippen LogP contribution in [0.5, 0.6) is 0 Å². The largest absolute Gasteiger partial charge is 0.374 e. The van der Waals surface area contributed by atoms with E-state index in [0.717, 1.165) is 47.0 Å². The molecule has 1 amide bonds. The lowest BCUT2D eigenvalue weighted by Crippen LogP contribution is -2.48. The van der Waals surface area contributed by atoms with Crippen LogP contribution in [0.25, 0.3) is 10.2 Å². The Hall–Kier alpha value is -2.22. The van der Waals surface area contributed by atoms with Gasteiger partial charge in [0.2, 0.25) is 0 Å². The van der Waals surface area contributed by atoms with E-state index < -0.39 is 0 Å². The van der Waals surface area contributed by atoms with Gasteiger partial charge in [-0.25, -0.2) is 0 Å². The maximum Gasteiger partial charge on any atom is 0.261 e. The first-order valence-electron chi connectivity index (χ1n) is 10.6. The number of fused-ring (bicyclic) bond motifs is 1. The van der Waals surface area contributed by atoms with Gasteiger partial charge in [-0.2, -0.15) is 5.10 Å². The standard InChI is InChI=1S/C23H30N4O2S/c1-16(2)13-26-9-10-29-19(15-26)12-24-22(28)21-11-20-17(3)25-27(23(20)30-21)14-18-7-5-4-6-8-18/h4-8,11,16,19H,9-10,12-15H2,1-3H3,(H,24,28)/t19-/m0/s1. The fourth-order valence-corrected chi connectivity index (χ4v) is 5.05. The molecule has 6 nitrogen and oxygen atoms in total. The average molecular weight is 427 g/mol. The van der Waals surface area contributed by atoms with Crippen LogP contribution in [0.2, 0.25) is 0 Å². The lowest BCUT2D eigenvalue weighted by molar-refractivity contribution is -0.0295. The summed E-state index contributed by atoms with van der Waals surface area (Å²) in [4.78, 5) is 17.0. The summed E-state index contributed by atoms with van der Waals surface area (Å²) in [5, 5.41) is 8.79. The molecular formula is C23H30N4O2S. The highest BCUT2D eigenvalue weighted by molar-refractivity contribution is 7.20. The maximum atomic E-state index is 12.8. The number of aromatic nitrogens is 2. The van der Waals surface area contributed by atoms with Gasteiger partial charge in [0.1, 0.15) is 4.83 Å². The van der Waals surface area contributed by atoms with Crippen molar-refractivity contribution in [1.29, 1.82) is 0 Å². The van der Waals surface area contributed by atoms with E-state index in [1.807, 2.05) is 35.9 Å². The van der Waals surface area contributed by atoms with Gasteiger partial charge in [0.25, 0.3) is 5.91 Å². The van der Waals surface area contributed by atoms with Gasteiger partial charge in [0.05, 0.1) is 29.8 Å². The predicted octanol–water partition coefficient (Wildman–Crippen LogP) is 3.54. The van der Waals surface area contributed by atoms with Gasteiger partial charge in [-0.15, -0.1) is 11.3 Å². The molecule has 4 rings (SSSR count). The van der Waals surface area contributed by atoms with Gasteiger partial charge < -0.3 is 10.1 Å². The molecule has 1 saturated heterocycles. The molecule has 0 bridgehead atoms. The summed E-state index contributed by atoms with van der Waals surface area (Å²) in [6.07, 6.45) is 0.0473. The number of ether oxygens (including phenoxy) is 1. The van der Waals surface area contributed by atoms with E-state index in [9.17, 15) is 4.79 Å². The lowest BCUT2D eigenvalue weighted by atomic mass is 10.2. The Morgan fingerprint density at radius 2 is 2.13 bits per heavy atom. The van der Waals surface area contributed by atoms with Crippen LogP contribution in [0, 0.1) is 12.8 Å². The van der Waals surface area contributed by atoms with Crippen molar-refractivity contribution in [1.82, 2.24) is 20.0 Å². The molecule has 0 aliphatic carbocycles. The van der Waals surface area contributed by atoms with Crippen LogP contribution in [-0.2, 0) is 11.3 Å². The summed E-state index contributed by atoms with van der Waals surface area (Å²) >= 11 is 1.50. The highest BCUT2D eigenvalue weighted by atomic mass is 32.1. The van der Waals surface area contributed by atoms with Crippen LogP contribution >= 0.6 is 11.3 Å². The lowest BCUT2D eigenvalue weighted by Gasteiger charge is -2.33. The summed E-state index contributed by atoms with van der Waals surface area (Å²) in [6, 6.07) is 12.2. The summed E-state index contributed by atoms with van der Waals surface area (Å²) in [7, 11) is 0. The topological polar surface area (TPSA) is 59.4 Å². The molecular weight excluding hydrogens is 396 g/mol. The molecule has 1 aliphatic heterocycles. The predicted molar refractivity (Wildman–Crippen MR) is 121 cm³/mol. The van der Waals surface area contributed by atoms with Crippen LogP contribution in [0.3, 0.4) is 0 Å². The van der Waals surface area contributed by atoms with Gasteiger partial charge in [0, 0.05) is 31.6 Å². The Morgan fingerprint density at radius 3 is 2.90 bits per heavy atom. The molecule has 0 unspecified atom stereocenters. The van der Waals surface area contributed by atoms with E-state index in [4.69, 9.17) is 4.74 Å². The van der Waals surface area contributed by atoms with Crippen molar-refractivity contribution in [2.75, 3.05) is 32.8 Å². The highest BCUT2D eigenvalue weighted by Crippen LogP contribution is 2.29. The van der Waals surface area contributed by atoms with Crippen molar-refractivity contribution in [3.63, 3.8) is 0 Å². The van der Waals surface area contributed by atoms with Crippen molar-refractivity contribution < 1.29 is 9.53 Å². The SMILES string of the molecule is Cc1nn(Cc2ccccc2)c2sc(C(=O)NC[C@H]3CN(CC(C)C)CCO3)cc12. The van der Waals surface area contributed by atoms with E-state index >= 15 is 0 Å². The minimum absolute atomic E-state index is 0.0357. The van der Waals surface area contributed by atoms with Crippen LogP contribution < -0.4 is 5.32 Å². The number of nitrogens with one attached hydrogen (secondary N) is 1. The van der Waals surface area contributed by atoms with Gasteiger partial charge in [-0.1, -0.05) is 44.2 Å². The van der Waals surface area contributed by atoms with Gasteiger partial charge >= 0.3 is 0 Å². The number of hydrogen-bond acceptors (Lipinski definition) is 5. The van der Waals surface area contributed by atoms with Gasteiger partial charge in [0.15, 0.2) is 0 Å². The molecule has 1 aromatic carbocycles. The molecule has 1 atom stereocenters. The van der Waals surface area contributed by atoms with Crippen molar-refractivity contribution in [3.8, 4) is 0 Å². The first-order valence-corrected chi connectivity index (χ1v) is 11.4. The zero-order valence-corrected chi connectivity index (χ0v) is 18.7. The van der Waals surface area contributed by atoms with E-state index in [1.165, 1.54) is 16.9 Å². The van der Waals surface area contributed by atoms with Crippen molar-refractivity contribution in [3.05, 3.63) is 52.5 Å².